The summed E-state index contributed by atoms with van der Waals surface area (Å²) in [6.45, 7) is 10.2. The van der Waals surface area contributed by atoms with Crippen molar-refractivity contribution in [1.82, 2.24) is 15.5 Å². The third kappa shape index (κ3) is 4.95. The average Bonchev–Trinajstić information content (AvgIpc) is 3.20. The highest BCUT2D eigenvalue weighted by molar-refractivity contribution is 7.86. The van der Waals surface area contributed by atoms with Crippen LogP contribution in [0.5, 0.6) is 0 Å². The van der Waals surface area contributed by atoms with Crippen LogP contribution in [-0.2, 0) is 10.8 Å². The summed E-state index contributed by atoms with van der Waals surface area (Å²) < 4.78 is 11.9. The summed E-state index contributed by atoms with van der Waals surface area (Å²) in [6, 6.07) is 1.96. The Morgan fingerprint density at radius 1 is 1.36 bits per heavy atom. The highest BCUT2D eigenvalue weighted by atomic mass is 32.2. The van der Waals surface area contributed by atoms with E-state index in [1.807, 2.05) is 20.8 Å². The second-order valence-corrected chi connectivity index (χ2v) is 9.84. The second-order valence-electron chi connectivity index (χ2n) is 7.51. The van der Waals surface area contributed by atoms with Crippen molar-refractivity contribution >= 4 is 16.8 Å². The Morgan fingerprint density at radius 2 is 2.05 bits per heavy atom. The number of nitrogens with zero attached hydrogens (tertiary/aromatic N) is 2. The lowest BCUT2D eigenvalue weighted by Gasteiger charge is -2.21. The van der Waals surface area contributed by atoms with Gasteiger partial charge < -0.3 is 10.6 Å². The Kier molecular flexibility index (Phi) is 5.88. The van der Waals surface area contributed by atoms with Crippen LogP contribution in [0.3, 0.4) is 0 Å². The van der Waals surface area contributed by atoms with Crippen LogP contribution in [0, 0.1) is 0 Å². The highest BCUT2D eigenvalue weighted by Crippen LogP contribution is 2.33. The first kappa shape index (κ1) is 17.7. The molecule has 2 fully saturated rings. The maximum absolute atomic E-state index is 12.1. The predicted molar refractivity (Wildman–Crippen MR) is 94.9 cm³/mol. The van der Waals surface area contributed by atoms with E-state index in [9.17, 15) is 4.21 Å². The Bertz CT molecular complexity index is 428. The van der Waals surface area contributed by atoms with E-state index in [-0.39, 0.29) is 4.75 Å². The van der Waals surface area contributed by atoms with Crippen molar-refractivity contribution in [2.24, 2.45) is 4.99 Å². The number of guanidine groups is 1. The molecule has 128 valence electrons. The van der Waals surface area contributed by atoms with Crippen molar-refractivity contribution in [1.29, 1.82) is 0 Å². The fourth-order valence-electron chi connectivity index (χ4n) is 3.03. The van der Waals surface area contributed by atoms with Crippen molar-refractivity contribution in [3.63, 3.8) is 0 Å². The zero-order valence-electron chi connectivity index (χ0n) is 14.7. The first-order chi connectivity index (χ1) is 10.3. The van der Waals surface area contributed by atoms with Gasteiger partial charge in [0.1, 0.15) is 0 Å². The molecule has 1 saturated heterocycles. The topological polar surface area (TPSA) is 56.7 Å². The molecule has 0 spiro atoms. The lowest BCUT2D eigenvalue weighted by atomic mass is 10.2. The summed E-state index contributed by atoms with van der Waals surface area (Å²) in [5.41, 5.74) is 0. The van der Waals surface area contributed by atoms with Gasteiger partial charge in [-0.05, 0) is 47.0 Å². The second kappa shape index (κ2) is 7.30. The molecule has 2 N–H and O–H groups in total. The molecule has 22 heavy (non-hydrogen) atoms. The summed E-state index contributed by atoms with van der Waals surface area (Å²) in [6.07, 6.45) is 3.90. The molecule has 0 aromatic heterocycles. The minimum atomic E-state index is -0.823. The average molecular weight is 329 g/mol. The molecule has 0 radical (unpaired) electrons. The SMILES string of the molecule is CN=C(NCCS(=O)C(C)(C)C)NC1CC(C)N(C2CC2)C1. The van der Waals surface area contributed by atoms with Gasteiger partial charge in [0.2, 0.25) is 0 Å². The van der Waals surface area contributed by atoms with E-state index in [0.29, 0.717) is 24.4 Å². The third-order valence-corrected chi connectivity index (χ3v) is 6.41. The molecular weight excluding hydrogens is 296 g/mol. The maximum Gasteiger partial charge on any atom is 0.191 e. The lowest BCUT2D eigenvalue weighted by molar-refractivity contribution is 0.256. The summed E-state index contributed by atoms with van der Waals surface area (Å²) >= 11 is 0. The van der Waals surface area contributed by atoms with Gasteiger partial charge in [0, 0.05) is 59.6 Å². The maximum atomic E-state index is 12.1. The number of hydrogen-bond acceptors (Lipinski definition) is 3. The van der Waals surface area contributed by atoms with Gasteiger partial charge >= 0.3 is 0 Å². The third-order valence-electron chi connectivity index (χ3n) is 4.47. The van der Waals surface area contributed by atoms with Gasteiger partial charge in [0.15, 0.2) is 5.96 Å². The first-order valence-corrected chi connectivity index (χ1v) is 9.74. The number of likely N-dealkylation sites (tertiary alicyclic amines) is 1. The zero-order chi connectivity index (χ0) is 16.3. The first-order valence-electron chi connectivity index (χ1n) is 8.42. The number of aliphatic imine (C=N–C) groups is 1. The minimum absolute atomic E-state index is 0.149. The van der Waals surface area contributed by atoms with E-state index in [1.54, 1.807) is 7.05 Å². The van der Waals surface area contributed by atoms with E-state index in [4.69, 9.17) is 0 Å². The van der Waals surface area contributed by atoms with Gasteiger partial charge in [0.25, 0.3) is 0 Å². The summed E-state index contributed by atoms with van der Waals surface area (Å²) in [5, 5.41) is 6.82. The van der Waals surface area contributed by atoms with Gasteiger partial charge in [-0.2, -0.15) is 0 Å². The van der Waals surface area contributed by atoms with Gasteiger partial charge in [-0.25, -0.2) is 0 Å². The van der Waals surface area contributed by atoms with Crippen LogP contribution >= 0.6 is 0 Å². The summed E-state index contributed by atoms with van der Waals surface area (Å²) in [5.74, 6) is 1.49. The van der Waals surface area contributed by atoms with Gasteiger partial charge in [-0.1, -0.05) is 0 Å². The molecule has 2 aliphatic rings. The number of rotatable bonds is 5. The monoisotopic (exact) mass is 328 g/mol. The molecule has 1 aliphatic carbocycles. The van der Waals surface area contributed by atoms with Crippen molar-refractivity contribution < 1.29 is 4.21 Å². The molecule has 0 amide bonds. The number of hydrogen-bond donors (Lipinski definition) is 2. The molecule has 6 heteroatoms. The molecule has 0 aromatic carbocycles. The summed E-state index contributed by atoms with van der Waals surface area (Å²) in [4.78, 5) is 6.92. The van der Waals surface area contributed by atoms with Crippen molar-refractivity contribution in [2.75, 3.05) is 25.9 Å². The molecule has 0 bridgehead atoms. The van der Waals surface area contributed by atoms with Crippen LogP contribution in [0.15, 0.2) is 4.99 Å². The fourth-order valence-corrected chi connectivity index (χ4v) is 3.93. The van der Waals surface area contributed by atoms with Crippen LogP contribution in [0.4, 0.5) is 0 Å². The molecule has 1 heterocycles. The molecule has 3 atom stereocenters. The van der Waals surface area contributed by atoms with E-state index in [1.165, 1.54) is 19.3 Å². The van der Waals surface area contributed by atoms with Gasteiger partial charge in [-0.15, -0.1) is 0 Å². The zero-order valence-corrected chi connectivity index (χ0v) is 15.5. The molecule has 5 nitrogen and oxygen atoms in total. The Morgan fingerprint density at radius 3 is 2.59 bits per heavy atom. The molecule has 1 aliphatic heterocycles. The Hall–Kier alpha value is -0.620. The summed E-state index contributed by atoms with van der Waals surface area (Å²) in [7, 11) is 0.976. The largest absolute Gasteiger partial charge is 0.355 e. The van der Waals surface area contributed by atoms with Crippen molar-refractivity contribution in [3.05, 3.63) is 0 Å². The number of nitrogens with one attached hydrogen (secondary N) is 2. The van der Waals surface area contributed by atoms with Crippen molar-refractivity contribution in [3.8, 4) is 0 Å². The van der Waals surface area contributed by atoms with E-state index in [0.717, 1.165) is 18.5 Å². The molecule has 1 saturated carbocycles. The van der Waals surface area contributed by atoms with E-state index < -0.39 is 10.8 Å². The molecule has 0 aromatic rings. The van der Waals surface area contributed by atoms with Gasteiger partial charge in [-0.3, -0.25) is 14.1 Å². The Balaban J connectivity index is 1.73. The Labute approximate surface area is 137 Å². The standard InChI is InChI=1S/C16H32N4OS/c1-12-10-13(11-20(12)14-6-7-14)19-15(17-5)18-8-9-22(21)16(2,3)4/h12-14H,6-11H2,1-5H3,(H2,17,18,19). The van der Waals surface area contributed by atoms with Crippen LogP contribution < -0.4 is 10.6 Å². The molecular formula is C16H32N4OS. The van der Waals surface area contributed by atoms with E-state index >= 15 is 0 Å². The fraction of sp³-hybridized carbons (Fsp3) is 0.938. The molecule has 3 unspecified atom stereocenters. The van der Waals surface area contributed by atoms with Crippen LogP contribution in [0.25, 0.3) is 0 Å². The van der Waals surface area contributed by atoms with E-state index in [2.05, 4.69) is 27.4 Å². The van der Waals surface area contributed by atoms with Crippen LogP contribution in [0.1, 0.15) is 47.0 Å². The minimum Gasteiger partial charge on any atom is -0.355 e. The van der Waals surface area contributed by atoms with Gasteiger partial charge in [0.05, 0.1) is 0 Å². The van der Waals surface area contributed by atoms with Crippen molar-refractivity contribution in [2.45, 2.75) is 69.8 Å². The predicted octanol–water partition coefficient (Wildman–Crippen LogP) is 1.32. The quantitative estimate of drug-likeness (QED) is 0.590. The molecule has 2 rings (SSSR count). The lowest BCUT2D eigenvalue weighted by Crippen LogP contribution is -2.46. The highest BCUT2D eigenvalue weighted by Gasteiger charge is 2.38. The smallest absolute Gasteiger partial charge is 0.191 e. The normalized spacial score (nSPS) is 28.7. The van der Waals surface area contributed by atoms with Crippen LogP contribution in [-0.4, -0.2) is 63.8 Å². The van der Waals surface area contributed by atoms with Crippen LogP contribution in [0.2, 0.25) is 0 Å².